The van der Waals surface area contributed by atoms with E-state index in [1.165, 1.54) is 57.8 Å². The Morgan fingerprint density at radius 1 is 0.683 bits per heavy atom. The van der Waals surface area contributed by atoms with Crippen molar-refractivity contribution >= 4 is 5.97 Å². The largest absolute Gasteiger partial charge is 0.455 e. The molecule has 1 fully saturated rings. The fraction of sp³-hybridized carbons (Fsp3) is 0.914. The van der Waals surface area contributed by atoms with Crippen LogP contribution in [0.25, 0.3) is 0 Å². The number of hydrogen-bond donors (Lipinski definition) is 3. The zero-order valence-electron chi connectivity index (χ0n) is 26.6. The van der Waals surface area contributed by atoms with Crippen LogP contribution in [0.5, 0.6) is 0 Å². The minimum atomic E-state index is -0.480. The average Bonchev–Trinajstić information content (AvgIpc) is 3.57. The number of unbranched alkanes of at least 4 members (excludes halogenated alkanes) is 14. The quantitative estimate of drug-likeness (QED) is 0.0707. The summed E-state index contributed by atoms with van der Waals surface area (Å²) in [5.74, 6) is -0.151. The Morgan fingerprint density at radius 2 is 1.12 bits per heavy atom. The van der Waals surface area contributed by atoms with E-state index < -0.39 is 12.2 Å². The second-order valence-corrected chi connectivity index (χ2v) is 12.9. The van der Waals surface area contributed by atoms with Crippen molar-refractivity contribution < 1.29 is 29.6 Å². The predicted molar refractivity (Wildman–Crippen MR) is 167 cm³/mol. The van der Waals surface area contributed by atoms with Gasteiger partial charge in [0.15, 0.2) is 0 Å². The van der Waals surface area contributed by atoms with Crippen molar-refractivity contribution in [2.24, 2.45) is 0 Å². The summed E-state index contributed by atoms with van der Waals surface area (Å²) in [6.45, 7) is 4.15. The standard InChI is InChI=1S/C35H64O6/c1-3-4-5-6-7-8-9-10-14-17-23-31(37)33-25-26-34(41-33)32(38)24-19-18-22-30(36)21-16-13-11-12-15-20-29-27-28(2)40-35(29)39/h27-28,30-34,36-38H,3-26H2,1-2H3/t28-,30+,31-,32+,33+,34-/m0/s1. The number of cyclic esters (lactones) is 1. The van der Waals surface area contributed by atoms with E-state index in [-0.39, 0.29) is 30.4 Å². The third-order valence-corrected chi connectivity index (χ3v) is 9.06. The molecule has 1 saturated heterocycles. The molecule has 0 unspecified atom stereocenters. The number of carbonyl (C=O) groups excluding carboxylic acids is 1. The Kier molecular flexibility index (Phi) is 20.0. The van der Waals surface area contributed by atoms with E-state index in [2.05, 4.69) is 6.92 Å². The molecule has 6 heteroatoms. The van der Waals surface area contributed by atoms with Crippen LogP contribution in [-0.2, 0) is 14.3 Å². The molecule has 6 nitrogen and oxygen atoms in total. The number of aliphatic hydroxyl groups is 3. The molecule has 0 amide bonds. The molecule has 2 aliphatic heterocycles. The second-order valence-electron chi connectivity index (χ2n) is 12.9. The third-order valence-electron chi connectivity index (χ3n) is 9.06. The van der Waals surface area contributed by atoms with Crippen LogP contribution in [0.4, 0.5) is 0 Å². The Labute approximate surface area is 251 Å². The Balaban J connectivity index is 1.39. The summed E-state index contributed by atoms with van der Waals surface area (Å²) in [6.07, 6.45) is 26.2. The summed E-state index contributed by atoms with van der Waals surface area (Å²) >= 11 is 0. The first-order valence-corrected chi connectivity index (χ1v) is 17.5. The summed E-state index contributed by atoms with van der Waals surface area (Å²) in [5.41, 5.74) is 0.828. The van der Waals surface area contributed by atoms with Gasteiger partial charge in [0.05, 0.1) is 30.5 Å². The van der Waals surface area contributed by atoms with E-state index in [4.69, 9.17) is 9.47 Å². The molecule has 0 aromatic rings. The highest BCUT2D eigenvalue weighted by molar-refractivity contribution is 5.90. The molecule has 41 heavy (non-hydrogen) atoms. The number of esters is 1. The number of aliphatic hydroxyl groups excluding tert-OH is 3. The normalized spacial score (nSPS) is 23.0. The minimum Gasteiger partial charge on any atom is -0.455 e. The Morgan fingerprint density at radius 3 is 1.63 bits per heavy atom. The number of carbonyl (C=O) groups is 1. The van der Waals surface area contributed by atoms with Gasteiger partial charge in [0.2, 0.25) is 0 Å². The molecule has 0 spiro atoms. The van der Waals surface area contributed by atoms with Crippen LogP contribution >= 0.6 is 0 Å². The molecule has 3 N–H and O–H groups in total. The van der Waals surface area contributed by atoms with Crippen molar-refractivity contribution in [3.8, 4) is 0 Å². The van der Waals surface area contributed by atoms with Crippen LogP contribution in [0.3, 0.4) is 0 Å². The van der Waals surface area contributed by atoms with Crippen molar-refractivity contribution in [1.29, 1.82) is 0 Å². The summed E-state index contributed by atoms with van der Waals surface area (Å²) in [4.78, 5) is 11.6. The molecule has 0 saturated carbocycles. The van der Waals surface area contributed by atoms with Gasteiger partial charge in [-0.15, -0.1) is 0 Å². The fourth-order valence-corrected chi connectivity index (χ4v) is 6.39. The van der Waals surface area contributed by atoms with Gasteiger partial charge >= 0.3 is 5.97 Å². The molecular formula is C35H64O6. The number of ether oxygens (including phenoxy) is 2. The number of hydrogen-bond acceptors (Lipinski definition) is 6. The lowest BCUT2D eigenvalue weighted by atomic mass is 9.99. The zero-order chi connectivity index (χ0) is 29.7. The first-order valence-electron chi connectivity index (χ1n) is 17.5. The van der Waals surface area contributed by atoms with Crippen LogP contribution in [0.2, 0.25) is 0 Å². The van der Waals surface area contributed by atoms with Gasteiger partial charge in [-0.3, -0.25) is 0 Å². The van der Waals surface area contributed by atoms with Gasteiger partial charge in [0.25, 0.3) is 0 Å². The van der Waals surface area contributed by atoms with Crippen LogP contribution in [0.1, 0.15) is 168 Å². The van der Waals surface area contributed by atoms with Crippen molar-refractivity contribution in [1.82, 2.24) is 0 Å². The minimum absolute atomic E-state index is 0.0754. The summed E-state index contributed by atoms with van der Waals surface area (Å²) in [5, 5.41) is 31.5. The molecular weight excluding hydrogens is 516 g/mol. The monoisotopic (exact) mass is 580 g/mol. The lowest BCUT2D eigenvalue weighted by Gasteiger charge is -2.22. The van der Waals surface area contributed by atoms with E-state index in [0.29, 0.717) is 6.42 Å². The third kappa shape index (κ3) is 16.5. The van der Waals surface area contributed by atoms with E-state index >= 15 is 0 Å². The maximum atomic E-state index is 11.6. The zero-order valence-corrected chi connectivity index (χ0v) is 26.6. The maximum Gasteiger partial charge on any atom is 0.334 e. The smallest absolute Gasteiger partial charge is 0.334 e. The molecule has 0 aliphatic carbocycles. The highest BCUT2D eigenvalue weighted by atomic mass is 16.5. The van der Waals surface area contributed by atoms with Crippen molar-refractivity contribution in [3.05, 3.63) is 11.6 Å². The van der Waals surface area contributed by atoms with Crippen LogP contribution in [-0.4, -0.2) is 57.9 Å². The van der Waals surface area contributed by atoms with Crippen molar-refractivity contribution in [3.63, 3.8) is 0 Å². The molecule has 240 valence electrons. The Bertz CT molecular complexity index is 694. The molecule has 2 rings (SSSR count). The van der Waals surface area contributed by atoms with E-state index in [1.54, 1.807) is 0 Å². The lowest BCUT2D eigenvalue weighted by molar-refractivity contribution is -0.139. The molecule has 0 aromatic carbocycles. The van der Waals surface area contributed by atoms with Gasteiger partial charge < -0.3 is 24.8 Å². The van der Waals surface area contributed by atoms with Gasteiger partial charge in [-0.2, -0.15) is 0 Å². The molecule has 0 radical (unpaired) electrons. The van der Waals surface area contributed by atoms with Gasteiger partial charge in [0, 0.05) is 5.57 Å². The van der Waals surface area contributed by atoms with E-state index in [0.717, 1.165) is 95.5 Å². The molecule has 6 atom stereocenters. The van der Waals surface area contributed by atoms with E-state index in [9.17, 15) is 20.1 Å². The summed E-state index contributed by atoms with van der Waals surface area (Å²) in [6, 6.07) is 0. The van der Waals surface area contributed by atoms with Crippen molar-refractivity contribution in [2.75, 3.05) is 0 Å². The van der Waals surface area contributed by atoms with Gasteiger partial charge in [-0.25, -0.2) is 4.79 Å². The molecule has 2 heterocycles. The molecule has 0 aromatic heterocycles. The molecule has 2 aliphatic rings. The summed E-state index contributed by atoms with van der Waals surface area (Å²) < 4.78 is 11.2. The van der Waals surface area contributed by atoms with Gasteiger partial charge in [-0.05, 0) is 64.4 Å². The van der Waals surface area contributed by atoms with Crippen LogP contribution < -0.4 is 0 Å². The first kappa shape index (κ1) is 36.2. The number of rotatable bonds is 26. The van der Waals surface area contributed by atoms with Gasteiger partial charge in [-0.1, -0.05) is 110 Å². The first-order chi connectivity index (χ1) is 19.9. The SMILES string of the molecule is CCCCCCCCCCCC[C@H](O)[C@H]1CC[C@@H]([C@H](O)CCCC[C@H](O)CCCCCCCC2=C[C@H](C)OC2=O)O1. The van der Waals surface area contributed by atoms with Crippen molar-refractivity contribution in [2.45, 2.75) is 205 Å². The highest BCUT2D eigenvalue weighted by Crippen LogP contribution is 2.28. The second kappa shape index (κ2) is 22.6. The van der Waals surface area contributed by atoms with Gasteiger partial charge in [0.1, 0.15) is 6.10 Å². The molecule has 0 bridgehead atoms. The van der Waals surface area contributed by atoms with E-state index in [1.807, 2.05) is 13.0 Å². The fourth-order valence-electron chi connectivity index (χ4n) is 6.39. The highest BCUT2D eigenvalue weighted by Gasteiger charge is 2.34. The van der Waals surface area contributed by atoms with Crippen LogP contribution in [0.15, 0.2) is 11.6 Å². The topological polar surface area (TPSA) is 96.2 Å². The summed E-state index contributed by atoms with van der Waals surface area (Å²) in [7, 11) is 0. The lowest BCUT2D eigenvalue weighted by Crippen LogP contribution is -2.31. The average molecular weight is 581 g/mol. The maximum absolute atomic E-state index is 11.6. The Hall–Kier alpha value is -0.950. The predicted octanol–water partition coefficient (Wildman–Crippen LogP) is 8.09. The van der Waals surface area contributed by atoms with Crippen LogP contribution in [0, 0.1) is 0 Å².